The van der Waals surface area contributed by atoms with Crippen molar-refractivity contribution >= 4 is 0 Å². The van der Waals surface area contributed by atoms with E-state index in [1.807, 2.05) is 0 Å². The molecule has 0 aliphatic carbocycles. The molecule has 0 fully saturated rings. The van der Waals surface area contributed by atoms with Crippen LogP contribution in [0.4, 0.5) is 8.78 Å². The maximum Gasteiger partial charge on any atom is 0.273 e. The Morgan fingerprint density at radius 3 is 2.17 bits per heavy atom. The molecule has 0 saturated heterocycles. The molecule has 0 rings (SSSR count). The third-order valence-corrected chi connectivity index (χ3v) is 0.310. The standard InChI is InChI=1S/C4H5F2/c1-2-3-4(5)6/h2H2,1H3. The van der Waals surface area contributed by atoms with Gasteiger partial charge in [-0.15, -0.1) is 0 Å². The molecule has 0 aliphatic heterocycles. The Hall–Kier alpha value is -0.400. The molecule has 0 unspecified atom stereocenters. The fraction of sp³-hybridized carbons (Fsp3) is 0.500. The van der Waals surface area contributed by atoms with Gasteiger partial charge < -0.3 is 0 Å². The summed E-state index contributed by atoms with van der Waals surface area (Å²) in [5.74, 6) is 0. The molecule has 0 heterocycles. The Morgan fingerprint density at radius 2 is 2.17 bits per heavy atom. The van der Waals surface area contributed by atoms with Gasteiger partial charge in [-0.3, -0.25) is 0 Å². The molecular formula is C4H5F2. The summed E-state index contributed by atoms with van der Waals surface area (Å²) in [5, 5.41) is 0. The average molecular weight is 91.1 g/mol. The zero-order valence-corrected chi connectivity index (χ0v) is 3.46. The predicted molar refractivity (Wildman–Crippen MR) is 19.3 cm³/mol. The van der Waals surface area contributed by atoms with Gasteiger partial charge in [-0.2, -0.15) is 8.78 Å². The van der Waals surface area contributed by atoms with Crippen molar-refractivity contribution < 1.29 is 8.78 Å². The van der Waals surface area contributed by atoms with Crippen molar-refractivity contribution in [1.29, 1.82) is 0 Å². The Bertz CT molecular complexity index is 52.6. The molecular weight excluding hydrogens is 86.0 g/mol. The minimum atomic E-state index is -1.71. The highest BCUT2D eigenvalue weighted by Gasteiger charge is 1.80. The van der Waals surface area contributed by atoms with Crippen LogP contribution in [0.25, 0.3) is 0 Å². The van der Waals surface area contributed by atoms with Crippen LogP contribution >= 0.6 is 0 Å². The molecule has 0 bridgehead atoms. The molecule has 0 N–H and O–H groups in total. The van der Waals surface area contributed by atoms with E-state index < -0.39 is 6.08 Å². The Kier molecular flexibility index (Phi) is 2.63. The average Bonchev–Trinajstić information content (AvgIpc) is 1.35. The predicted octanol–water partition coefficient (Wildman–Crippen LogP) is 1.98. The first-order valence-corrected chi connectivity index (χ1v) is 1.69. The van der Waals surface area contributed by atoms with Gasteiger partial charge in [0.1, 0.15) is 0 Å². The molecule has 0 aromatic carbocycles. The van der Waals surface area contributed by atoms with Gasteiger partial charge in [0.05, 0.1) is 0 Å². The third kappa shape index (κ3) is 3.60. The SMILES string of the molecule is CC[C]=C(F)F. The van der Waals surface area contributed by atoms with Crippen molar-refractivity contribution in [1.82, 2.24) is 0 Å². The van der Waals surface area contributed by atoms with E-state index in [1.165, 1.54) is 0 Å². The molecule has 0 nitrogen and oxygen atoms in total. The molecule has 6 heavy (non-hydrogen) atoms. The highest BCUT2D eigenvalue weighted by atomic mass is 19.3. The second-order valence-electron chi connectivity index (χ2n) is 0.791. The molecule has 0 spiro atoms. The molecule has 0 saturated carbocycles. The van der Waals surface area contributed by atoms with Crippen molar-refractivity contribution in [3.63, 3.8) is 0 Å². The molecule has 0 aromatic heterocycles. The van der Waals surface area contributed by atoms with Crippen LogP contribution in [-0.2, 0) is 0 Å². The van der Waals surface area contributed by atoms with E-state index in [4.69, 9.17) is 0 Å². The van der Waals surface area contributed by atoms with Crippen molar-refractivity contribution in [3.05, 3.63) is 12.2 Å². The van der Waals surface area contributed by atoms with E-state index in [2.05, 4.69) is 0 Å². The van der Waals surface area contributed by atoms with E-state index in [1.54, 1.807) is 13.0 Å². The molecule has 2 heteroatoms. The van der Waals surface area contributed by atoms with Crippen LogP contribution in [0.3, 0.4) is 0 Å². The topological polar surface area (TPSA) is 0 Å². The lowest BCUT2D eigenvalue weighted by Gasteiger charge is -1.69. The first-order valence-electron chi connectivity index (χ1n) is 1.69. The summed E-state index contributed by atoms with van der Waals surface area (Å²) >= 11 is 0. The Labute approximate surface area is 35.5 Å². The maximum atomic E-state index is 10.8. The second kappa shape index (κ2) is 2.82. The number of allylic oxidation sites excluding steroid dienone is 1. The first kappa shape index (κ1) is 5.60. The van der Waals surface area contributed by atoms with Gasteiger partial charge in [0.2, 0.25) is 0 Å². The van der Waals surface area contributed by atoms with Crippen LogP contribution in [-0.4, -0.2) is 0 Å². The summed E-state index contributed by atoms with van der Waals surface area (Å²) in [7, 11) is 0. The molecule has 0 aliphatic rings. The van der Waals surface area contributed by atoms with Crippen LogP contribution in [0.5, 0.6) is 0 Å². The van der Waals surface area contributed by atoms with Gasteiger partial charge in [-0.05, 0) is 6.42 Å². The fourth-order valence-corrected chi connectivity index (χ4v) is 0.134. The second-order valence-corrected chi connectivity index (χ2v) is 0.791. The summed E-state index contributed by atoms with van der Waals surface area (Å²) in [6.07, 6.45) is 0.375. The van der Waals surface area contributed by atoms with E-state index in [0.29, 0.717) is 6.42 Å². The molecule has 35 valence electrons. The van der Waals surface area contributed by atoms with E-state index in [0.717, 1.165) is 0 Å². The van der Waals surface area contributed by atoms with Gasteiger partial charge in [-0.25, -0.2) is 0 Å². The largest absolute Gasteiger partial charge is 0.273 e. The van der Waals surface area contributed by atoms with E-state index >= 15 is 0 Å². The zero-order chi connectivity index (χ0) is 4.99. The number of halogens is 2. The smallest absolute Gasteiger partial charge is 0.173 e. The van der Waals surface area contributed by atoms with E-state index in [-0.39, 0.29) is 0 Å². The van der Waals surface area contributed by atoms with Crippen LogP contribution in [0, 0.1) is 6.08 Å². The normalized spacial score (nSPS) is 7.83. The lowest BCUT2D eigenvalue weighted by Crippen LogP contribution is -1.55. The van der Waals surface area contributed by atoms with Gasteiger partial charge >= 0.3 is 0 Å². The van der Waals surface area contributed by atoms with Crippen molar-refractivity contribution in [3.8, 4) is 0 Å². The summed E-state index contributed by atoms with van der Waals surface area (Å²) in [5.41, 5.74) is 0. The van der Waals surface area contributed by atoms with Crippen LogP contribution in [0.2, 0.25) is 0 Å². The molecule has 0 amide bonds. The minimum Gasteiger partial charge on any atom is -0.173 e. The van der Waals surface area contributed by atoms with Gasteiger partial charge in [0, 0.05) is 6.08 Å². The summed E-state index contributed by atoms with van der Waals surface area (Å²) in [6.45, 7) is 1.61. The van der Waals surface area contributed by atoms with E-state index in [9.17, 15) is 8.78 Å². The van der Waals surface area contributed by atoms with Gasteiger partial charge in [0.25, 0.3) is 6.08 Å². The lowest BCUT2D eigenvalue weighted by molar-refractivity contribution is 0.413. The Morgan fingerprint density at radius 1 is 1.67 bits per heavy atom. The molecule has 1 radical (unpaired) electrons. The maximum absolute atomic E-state index is 10.8. The van der Waals surface area contributed by atoms with Gasteiger partial charge in [-0.1, -0.05) is 6.92 Å². The lowest BCUT2D eigenvalue weighted by atomic mass is 10.5. The molecule has 0 aromatic rings. The van der Waals surface area contributed by atoms with Crippen LogP contribution < -0.4 is 0 Å². The highest BCUT2D eigenvalue weighted by Crippen LogP contribution is 1.94. The summed E-state index contributed by atoms with van der Waals surface area (Å²) in [4.78, 5) is 0. The zero-order valence-electron chi connectivity index (χ0n) is 3.46. The van der Waals surface area contributed by atoms with Crippen LogP contribution in [0.15, 0.2) is 6.08 Å². The minimum absolute atomic E-state index is 0.294. The third-order valence-electron chi connectivity index (χ3n) is 0.310. The van der Waals surface area contributed by atoms with Crippen molar-refractivity contribution in [2.75, 3.05) is 0 Å². The van der Waals surface area contributed by atoms with Gasteiger partial charge in [0.15, 0.2) is 0 Å². The summed E-state index contributed by atoms with van der Waals surface area (Å²) in [6, 6.07) is 0. The highest BCUT2D eigenvalue weighted by molar-refractivity contribution is 4.67. The summed E-state index contributed by atoms with van der Waals surface area (Å²) < 4.78 is 21.7. The number of hydrogen-bond acceptors (Lipinski definition) is 0. The monoisotopic (exact) mass is 91.0 g/mol. The quantitative estimate of drug-likeness (QED) is 0.463. The number of hydrogen-bond donors (Lipinski definition) is 0. The first-order chi connectivity index (χ1) is 2.77. The molecule has 0 atom stereocenters. The number of rotatable bonds is 1. The Balaban J connectivity index is 3.14. The van der Waals surface area contributed by atoms with Crippen LogP contribution in [0.1, 0.15) is 13.3 Å². The fourth-order valence-electron chi connectivity index (χ4n) is 0.134. The van der Waals surface area contributed by atoms with Crippen molar-refractivity contribution in [2.45, 2.75) is 13.3 Å². The van der Waals surface area contributed by atoms with Crippen molar-refractivity contribution in [2.24, 2.45) is 0 Å².